The largest absolute Gasteiger partial charge is 0.386 e. The van der Waals surface area contributed by atoms with Crippen LogP contribution in [0.1, 0.15) is 144 Å². The maximum absolute atomic E-state index is 13.8. The van der Waals surface area contributed by atoms with E-state index in [2.05, 4.69) is 25.8 Å². The molecule has 1 atom stereocenters. The second-order valence-corrected chi connectivity index (χ2v) is 19.8. The van der Waals surface area contributed by atoms with Crippen molar-refractivity contribution in [2.75, 3.05) is 30.3 Å². The Morgan fingerprint density at radius 1 is 0.953 bits per heavy atom. The maximum Gasteiger partial charge on any atom is 0.280 e. The molecular weight excluding hydrogens is 845 g/mol. The van der Waals surface area contributed by atoms with E-state index < -0.39 is 53.3 Å². The highest BCUT2D eigenvalue weighted by molar-refractivity contribution is 7.18. The number of thiazole rings is 1. The molecule has 2 aliphatic carbocycles. The lowest BCUT2D eigenvalue weighted by molar-refractivity contribution is -0.141. The van der Waals surface area contributed by atoms with Crippen LogP contribution in [-0.4, -0.2) is 86.0 Å². The Labute approximate surface area is 372 Å². The van der Waals surface area contributed by atoms with Crippen molar-refractivity contribution in [3.8, 4) is 0 Å². The van der Waals surface area contributed by atoms with Crippen LogP contribution in [-0.2, 0) is 20.0 Å². The second kappa shape index (κ2) is 17.0. The number of anilines is 2. The third kappa shape index (κ3) is 8.39. The minimum absolute atomic E-state index is 0.0293. The van der Waals surface area contributed by atoms with E-state index in [0.717, 1.165) is 91.6 Å². The normalized spacial score (nSPS) is 22.5. The molecule has 14 nitrogen and oxygen atoms in total. The van der Waals surface area contributed by atoms with Gasteiger partial charge in [-0.15, -0.1) is 11.3 Å². The van der Waals surface area contributed by atoms with Crippen molar-refractivity contribution in [3.05, 3.63) is 81.6 Å². The number of carbonyl (C=O) groups is 6. The van der Waals surface area contributed by atoms with E-state index in [1.807, 2.05) is 0 Å². The zero-order chi connectivity index (χ0) is 45.1. The molecule has 2 aromatic carbocycles. The fraction of sp³-hybridized carbons (Fsp3) is 0.489. The van der Waals surface area contributed by atoms with Gasteiger partial charge < -0.3 is 20.6 Å². The first kappa shape index (κ1) is 43.6. The van der Waals surface area contributed by atoms with Gasteiger partial charge >= 0.3 is 0 Å². The van der Waals surface area contributed by atoms with Crippen LogP contribution >= 0.6 is 11.3 Å². The first-order valence-corrected chi connectivity index (χ1v) is 23.0. The van der Waals surface area contributed by atoms with Gasteiger partial charge in [0.1, 0.15) is 17.4 Å². The Bertz CT molecular complexity index is 2550. The number of carbonyl (C=O) groups excluding carboxylic acids is 6. The van der Waals surface area contributed by atoms with Gasteiger partial charge in [0.25, 0.3) is 24.1 Å². The van der Waals surface area contributed by atoms with Gasteiger partial charge in [0.2, 0.25) is 17.7 Å². The second-order valence-electron chi connectivity index (χ2n) is 18.7. The molecule has 2 aromatic heterocycles. The lowest BCUT2D eigenvalue weighted by Gasteiger charge is -2.53. The molecule has 0 bridgehead atoms. The van der Waals surface area contributed by atoms with Crippen molar-refractivity contribution in [1.29, 1.82) is 0 Å². The van der Waals surface area contributed by atoms with Crippen molar-refractivity contribution in [2.24, 2.45) is 17.3 Å². The van der Waals surface area contributed by atoms with Gasteiger partial charge in [-0.3, -0.25) is 39.0 Å². The number of halogens is 2. The van der Waals surface area contributed by atoms with Crippen molar-refractivity contribution >= 4 is 68.4 Å². The fourth-order valence-electron chi connectivity index (χ4n) is 10.6. The van der Waals surface area contributed by atoms with E-state index in [-0.39, 0.29) is 52.8 Å². The molecule has 336 valence electrons. The number of alkyl halides is 2. The van der Waals surface area contributed by atoms with E-state index >= 15 is 0 Å². The standard InChI is InChI=1S/C47H51F2N7O7S/c1-46(2,63)29-21-34-36(22-33(29)52-40(58)32-8-4-7-31(51-32)39(48)49)64-42(53-34)26-9-11-27(12-10-26)43(60)55-19-16-47(17-20-55)23-25(24-47)15-18-50-30-6-3-5-28-38(30)45(62)56(44(28)61)35-13-14-37(57)54-41(35)59/h3-8,21-22,25-27,35,39,50,63H,9-20,23-24H2,1-2H3,(H,52,58)(H,54,57,59). The molecule has 64 heavy (non-hydrogen) atoms. The number of aliphatic hydroxyl groups is 1. The van der Waals surface area contributed by atoms with Crippen LogP contribution in [0.2, 0.25) is 0 Å². The van der Waals surface area contributed by atoms with Crippen LogP contribution in [0.15, 0.2) is 48.5 Å². The Balaban J connectivity index is 0.743. The van der Waals surface area contributed by atoms with E-state index in [0.29, 0.717) is 34.9 Å². The van der Waals surface area contributed by atoms with Crippen LogP contribution in [0.25, 0.3) is 10.2 Å². The van der Waals surface area contributed by atoms with Crippen molar-refractivity contribution in [2.45, 2.75) is 108 Å². The maximum atomic E-state index is 13.8. The summed E-state index contributed by atoms with van der Waals surface area (Å²) in [6.45, 7) is 5.35. The van der Waals surface area contributed by atoms with Crippen LogP contribution in [0.3, 0.4) is 0 Å². The average molecular weight is 896 g/mol. The molecule has 0 radical (unpaired) electrons. The average Bonchev–Trinajstić information content (AvgIpc) is 3.80. The van der Waals surface area contributed by atoms with Gasteiger partial charge in [-0.25, -0.2) is 18.7 Å². The molecule has 9 rings (SSSR count). The van der Waals surface area contributed by atoms with Gasteiger partial charge in [0, 0.05) is 54.8 Å². The number of likely N-dealkylation sites (tertiary alicyclic amines) is 1. The van der Waals surface area contributed by atoms with E-state index in [1.54, 1.807) is 44.2 Å². The molecule has 3 aliphatic heterocycles. The quantitative estimate of drug-likeness (QED) is 0.111. The summed E-state index contributed by atoms with van der Waals surface area (Å²) >= 11 is 1.52. The summed E-state index contributed by atoms with van der Waals surface area (Å²) < 4.78 is 27.3. The number of rotatable bonds is 11. The molecule has 4 fully saturated rings. The van der Waals surface area contributed by atoms with Gasteiger partial charge in [0.15, 0.2) is 0 Å². The zero-order valence-corrected chi connectivity index (χ0v) is 36.6. The zero-order valence-electron chi connectivity index (χ0n) is 35.8. The molecule has 5 heterocycles. The molecule has 4 aromatic rings. The highest BCUT2D eigenvalue weighted by Crippen LogP contribution is 2.54. The number of nitrogens with zero attached hydrogens (tertiary/aromatic N) is 4. The molecule has 1 spiro atoms. The molecular formula is C47H51F2N7O7S. The smallest absolute Gasteiger partial charge is 0.280 e. The van der Waals surface area contributed by atoms with Crippen molar-refractivity contribution in [3.63, 3.8) is 0 Å². The number of piperidine rings is 2. The molecule has 1 unspecified atom stereocenters. The van der Waals surface area contributed by atoms with E-state index in [9.17, 15) is 42.7 Å². The number of nitrogens with one attached hydrogen (secondary N) is 3. The highest BCUT2D eigenvalue weighted by Gasteiger charge is 2.48. The summed E-state index contributed by atoms with van der Waals surface area (Å²) in [5, 5.41) is 20.3. The molecule has 4 N–H and O–H groups in total. The minimum Gasteiger partial charge on any atom is -0.386 e. The van der Waals surface area contributed by atoms with Crippen LogP contribution < -0.4 is 16.0 Å². The van der Waals surface area contributed by atoms with Crippen molar-refractivity contribution < 1.29 is 42.7 Å². The summed E-state index contributed by atoms with van der Waals surface area (Å²) in [5.41, 5.74) is 0.825. The van der Waals surface area contributed by atoms with Gasteiger partial charge in [-0.05, 0) is 126 Å². The Kier molecular flexibility index (Phi) is 11.6. The monoisotopic (exact) mass is 895 g/mol. The molecule has 6 amide bonds. The number of hydrogen-bond acceptors (Lipinski definition) is 11. The highest BCUT2D eigenvalue weighted by atomic mass is 32.1. The summed E-state index contributed by atoms with van der Waals surface area (Å²) in [6, 6.07) is 11.5. The number of benzene rings is 2. The predicted molar refractivity (Wildman–Crippen MR) is 234 cm³/mol. The Hall–Kier alpha value is -5.68. The number of pyridine rings is 1. The van der Waals surface area contributed by atoms with Crippen LogP contribution in [0, 0.1) is 17.3 Å². The summed E-state index contributed by atoms with van der Waals surface area (Å²) in [4.78, 5) is 89.5. The number of amides is 6. The number of hydrogen-bond donors (Lipinski definition) is 4. The third-order valence-electron chi connectivity index (χ3n) is 14.0. The lowest BCUT2D eigenvalue weighted by atomic mass is 9.57. The molecule has 2 saturated carbocycles. The number of fused-ring (bicyclic) bond motifs is 2. The summed E-state index contributed by atoms with van der Waals surface area (Å²) in [7, 11) is 0. The van der Waals surface area contributed by atoms with Crippen LogP contribution in [0.5, 0.6) is 0 Å². The SMILES string of the molecule is CC(C)(O)c1cc2nc(C3CCC(C(=O)N4CCC5(CC4)CC(CCNc4cccc6c4C(=O)N(C4CCC(=O)NC4=O)C6=O)C5)CC3)sc2cc1NC(=O)c1cccc(C(F)F)n1. The number of imide groups is 2. The molecule has 5 aliphatic rings. The van der Waals surface area contributed by atoms with E-state index in [4.69, 9.17) is 4.98 Å². The number of aromatic nitrogens is 2. The van der Waals surface area contributed by atoms with Gasteiger partial charge in [-0.1, -0.05) is 12.1 Å². The first-order valence-electron chi connectivity index (χ1n) is 22.2. The Morgan fingerprint density at radius 2 is 1.69 bits per heavy atom. The molecule has 17 heteroatoms. The third-order valence-corrected chi connectivity index (χ3v) is 15.2. The van der Waals surface area contributed by atoms with E-state index in [1.165, 1.54) is 23.5 Å². The Morgan fingerprint density at radius 3 is 2.39 bits per heavy atom. The van der Waals surface area contributed by atoms with Crippen LogP contribution in [0.4, 0.5) is 20.2 Å². The van der Waals surface area contributed by atoms with Gasteiger partial charge in [-0.2, -0.15) is 0 Å². The summed E-state index contributed by atoms with van der Waals surface area (Å²) in [6.07, 6.45) is 5.61. The summed E-state index contributed by atoms with van der Waals surface area (Å²) in [5.74, 6) is -1.85. The van der Waals surface area contributed by atoms with Crippen molar-refractivity contribution in [1.82, 2.24) is 25.1 Å². The first-order chi connectivity index (χ1) is 30.6. The lowest BCUT2D eigenvalue weighted by Crippen LogP contribution is -2.54. The topological polar surface area (TPSA) is 191 Å². The minimum atomic E-state index is -2.82. The predicted octanol–water partition coefficient (Wildman–Crippen LogP) is 7.30. The van der Waals surface area contributed by atoms with Gasteiger partial charge in [0.05, 0.1) is 32.0 Å². The molecule has 2 saturated heterocycles. The fourth-order valence-corrected chi connectivity index (χ4v) is 11.7.